The molecule has 214 valence electrons. The summed E-state index contributed by atoms with van der Waals surface area (Å²) >= 11 is 0. The minimum Gasteiger partial charge on any atom is -0.457 e. The lowest BCUT2D eigenvalue weighted by molar-refractivity contribution is -0.149. The van der Waals surface area contributed by atoms with Gasteiger partial charge in [-0.2, -0.15) is 0 Å². The second-order valence-electron chi connectivity index (χ2n) is 11.0. The molecule has 0 saturated heterocycles. The second kappa shape index (κ2) is 14.8. The number of esters is 4. The average molecular weight is 551 g/mol. The SMILES string of the molecule is CC(C)(C)OC(=O)/C=C/c1ccc(OC(=O)CCCCC(=O)Oc2ccc(/C=C/C(=O)OC(C)(C)C)cc2)cc1. The maximum Gasteiger partial charge on any atom is 0.331 e. The van der Waals surface area contributed by atoms with Gasteiger partial charge in [0.25, 0.3) is 0 Å². The first-order valence-corrected chi connectivity index (χ1v) is 13.1. The minimum atomic E-state index is -0.559. The highest BCUT2D eigenvalue weighted by molar-refractivity contribution is 5.88. The van der Waals surface area contributed by atoms with Crippen LogP contribution in [0.2, 0.25) is 0 Å². The summed E-state index contributed by atoms with van der Waals surface area (Å²) in [7, 11) is 0. The Morgan fingerprint density at radius 2 is 0.900 bits per heavy atom. The van der Waals surface area contributed by atoms with Crippen LogP contribution in [0.5, 0.6) is 11.5 Å². The Morgan fingerprint density at radius 1 is 0.575 bits per heavy atom. The summed E-state index contributed by atoms with van der Waals surface area (Å²) < 4.78 is 21.1. The van der Waals surface area contributed by atoms with Gasteiger partial charge in [-0.05, 0) is 102 Å². The number of benzene rings is 2. The molecular formula is C32H38O8. The van der Waals surface area contributed by atoms with Crippen molar-refractivity contribution in [1.29, 1.82) is 0 Å². The normalized spacial score (nSPS) is 11.8. The Labute approximate surface area is 236 Å². The standard InChI is InChI=1S/C32H38O8/c1-31(2,3)39-29(35)21-15-23-11-17-25(18-12-23)37-27(33)9-7-8-10-28(34)38-26-19-13-24(14-20-26)16-22-30(36)40-32(4,5)6/h11-22H,7-10H2,1-6H3/b21-15+,22-16+. The lowest BCUT2D eigenvalue weighted by atomic mass is 10.2. The Bertz CT molecular complexity index is 1110. The first-order valence-electron chi connectivity index (χ1n) is 13.1. The average Bonchev–Trinajstić information content (AvgIpc) is 2.84. The lowest BCUT2D eigenvalue weighted by Crippen LogP contribution is -2.22. The van der Waals surface area contributed by atoms with E-state index >= 15 is 0 Å². The van der Waals surface area contributed by atoms with Gasteiger partial charge in [-0.3, -0.25) is 9.59 Å². The van der Waals surface area contributed by atoms with Crippen molar-refractivity contribution in [2.24, 2.45) is 0 Å². The fourth-order valence-electron chi connectivity index (χ4n) is 3.20. The smallest absolute Gasteiger partial charge is 0.331 e. The minimum absolute atomic E-state index is 0.159. The number of carbonyl (C=O) groups is 4. The third kappa shape index (κ3) is 14.1. The van der Waals surface area contributed by atoms with Crippen molar-refractivity contribution in [1.82, 2.24) is 0 Å². The Hall–Kier alpha value is -4.20. The number of unbranched alkanes of at least 4 members (excludes halogenated alkanes) is 1. The summed E-state index contributed by atoms with van der Waals surface area (Å²) in [5.41, 5.74) is 0.403. The molecule has 0 aromatic heterocycles. The van der Waals surface area contributed by atoms with E-state index in [9.17, 15) is 19.2 Å². The fourth-order valence-corrected chi connectivity index (χ4v) is 3.20. The van der Waals surface area contributed by atoms with Crippen LogP contribution in [0.25, 0.3) is 12.2 Å². The molecule has 0 spiro atoms. The van der Waals surface area contributed by atoms with Gasteiger partial charge in [0.15, 0.2) is 0 Å². The summed E-state index contributed by atoms with van der Waals surface area (Å²) in [5.74, 6) is -0.893. The second-order valence-corrected chi connectivity index (χ2v) is 11.0. The van der Waals surface area contributed by atoms with Gasteiger partial charge < -0.3 is 18.9 Å². The topological polar surface area (TPSA) is 105 Å². The molecule has 0 unspecified atom stereocenters. The molecule has 2 aromatic carbocycles. The van der Waals surface area contributed by atoms with Gasteiger partial charge in [0.2, 0.25) is 0 Å². The predicted octanol–water partition coefficient (Wildman–Crippen LogP) is 6.47. The van der Waals surface area contributed by atoms with E-state index in [4.69, 9.17) is 18.9 Å². The van der Waals surface area contributed by atoms with Crippen LogP contribution in [0.3, 0.4) is 0 Å². The Kier molecular flexibility index (Phi) is 11.9. The molecule has 0 aliphatic carbocycles. The molecule has 0 radical (unpaired) electrons. The van der Waals surface area contributed by atoms with Gasteiger partial charge in [0.1, 0.15) is 22.7 Å². The summed E-state index contributed by atoms with van der Waals surface area (Å²) in [5, 5.41) is 0. The lowest BCUT2D eigenvalue weighted by Gasteiger charge is -2.17. The molecule has 40 heavy (non-hydrogen) atoms. The maximum atomic E-state index is 12.1. The molecule has 0 bridgehead atoms. The van der Waals surface area contributed by atoms with E-state index in [2.05, 4.69) is 0 Å². The predicted molar refractivity (Wildman–Crippen MR) is 152 cm³/mol. The molecule has 0 fully saturated rings. The third-order valence-corrected chi connectivity index (χ3v) is 4.87. The quantitative estimate of drug-likeness (QED) is 0.136. The number of rotatable bonds is 11. The summed E-state index contributed by atoms with van der Waals surface area (Å²) in [6.07, 6.45) is 7.20. The van der Waals surface area contributed by atoms with Crippen LogP contribution in [0.1, 0.15) is 78.4 Å². The monoisotopic (exact) mass is 550 g/mol. The van der Waals surface area contributed by atoms with E-state index in [0.29, 0.717) is 24.3 Å². The first kappa shape index (κ1) is 32.0. The highest BCUT2D eigenvalue weighted by Crippen LogP contribution is 2.17. The van der Waals surface area contributed by atoms with Crippen LogP contribution in [0, 0.1) is 0 Å². The van der Waals surface area contributed by atoms with Crippen molar-refractivity contribution >= 4 is 36.0 Å². The van der Waals surface area contributed by atoms with Crippen LogP contribution < -0.4 is 9.47 Å². The van der Waals surface area contributed by atoms with Crippen molar-refractivity contribution in [3.05, 3.63) is 71.8 Å². The van der Waals surface area contributed by atoms with E-state index < -0.39 is 35.1 Å². The number of carbonyl (C=O) groups excluding carboxylic acids is 4. The fraction of sp³-hybridized carbons (Fsp3) is 0.375. The molecule has 8 heteroatoms. The summed E-state index contributed by atoms with van der Waals surface area (Å²) in [6.45, 7) is 10.8. The van der Waals surface area contributed by atoms with E-state index in [1.807, 2.05) is 0 Å². The maximum absolute atomic E-state index is 12.1. The first-order chi connectivity index (χ1) is 18.7. The molecule has 0 heterocycles. The van der Waals surface area contributed by atoms with Gasteiger partial charge in [0, 0.05) is 25.0 Å². The van der Waals surface area contributed by atoms with Crippen LogP contribution >= 0.6 is 0 Å². The zero-order valence-corrected chi connectivity index (χ0v) is 24.0. The number of hydrogen-bond acceptors (Lipinski definition) is 8. The zero-order chi connectivity index (χ0) is 29.8. The molecule has 0 N–H and O–H groups in total. The Balaban J connectivity index is 1.68. The molecule has 2 rings (SSSR count). The van der Waals surface area contributed by atoms with E-state index in [-0.39, 0.29) is 12.8 Å². The van der Waals surface area contributed by atoms with Gasteiger partial charge in [0.05, 0.1) is 0 Å². The largest absolute Gasteiger partial charge is 0.457 e. The highest BCUT2D eigenvalue weighted by atomic mass is 16.6. The number of ether oxygens (including phenoxy) is 4. The van der Waals surface area contributed by atoms with Crippen LogP contribution in [0.4, 0.5) is 0 Å². The van der Waals surface area contributed by atoms with Gasteiger partial charge in [-0.1, -0.05) is 24.3 Å². The molecule has 0 atom stereocenters. The summed E-state index contributed by atoms with van der Waals surface area (Å²) in [6, 6.07) is 13.5. The van der Waals surface area contributed by atoms with Crippen molar-refractivity contribution in [3.63, 3.8) is 0 Å². The number of hydrogen-bond donors (Lipinski definition) is 0. The molecule has 0 aliphatic heterocycles. The van der Waals surface area contributed by atoms with Crippen molar-refractivity contribution < 1.29 is 38.1 Å². The van der Waals surface area contributed by atoms with Crippen molar-refractivity contribution in [3.8, 4) is 11.5 Å². The van der Waals surface area contributed by atoms with Crippen LogP contribution in [-0.4, -0.2) is 35.1 Å². The molecule has 2 aromatic rings. The van der Waals surface area contributed by atoms with Crippen LogP contribution in [0.15, 0.2) is 60.7 Å². The van der Waals surface area contributed by atoms with Gasteiger partial charge in [-0.25, -0.2) is 9.59 Å². The highest BCUT2D eigenvalue weighted by Gasteiger charge is 2.15. The molecule has 0 amide bonds. The van der Waals surface area contributed by atoms with E-state index in [1.165, 1.54) is 12.2 Å². The van der Waals surface area contributed by atoms with Gasteiger partial charge in [-0.15, -0.1) is 0 Å². The van der Waals surface area contributed by atoms with Crippen LogP contribution in [-0.2, 0) is 28.7 Å². The zero-order valence-electron chi connectivity index (χ0n) is 24.0. The van der Waals surface area contributed by atoms with Crippen molar-refractivity contribution in [2.45, 2.75) is 78.4 Å². The van der Waals surface area contributed by atoms with Crippen molar-refractivity contribution in [2.75, 3.05) is 0 Å². The van der Waals surface area contributed by atoms with E-state index in [0.717, 1.165) is 11.1 Å². The molecular weight excluding hydrogens is 512 g/mol. The molecule has 0 aliphatic rings. The molecule has 8 nitrogen and oxygen atoms in total. The Morgan fingerprint density at radius 3 is 1.20 bits per heavy atom. The van der Waals surface area contributed by atoms with E-state index in [1.54, 1.807) is 102 Å². The summed E-state index contributed by atoms with van der Waals surface area (Å²) in [4.78, 5) is 47.8. The third-order valence-electron chi connectivity index (χ3n) is 4.87. The van der Waals surface area contributed by atoms with Gasteiger partial charge >= 0.3 is 23.9 Å². The molecule has 0 saturated carbocycles.